The van der Waals surface area contributed by atoms with E-state index in [0.717, 1.165) is 6.42 Å². The number of carbonyl (C=O) groups excluding carboxylic acids is 1. The molecule has 1 aliphatic rings. The highest BCUT2D eigenvalue weighted by atomic mass is 16.5. The maximum atomic E-state index is 12.0. The smallest absolute Gasteiger partial charge is 0.226 e. The number of nitrogens with two attached hydrogens (primary N) is 1. The summed E-state index contributed by atoms with van der Waals surface area (Å²) in [6, 6.07) is 0. The summed E-state index contributed by atoms with van der Waals surface area (Å²) in [6.45, 7) is 9.12. The molecule has 0 saturated carbocycles. The molecule has 0 aromatic heterocycles. The lowest BCUT2D eigenvalue weighted by atomic mass is 9.87. The lowest BCUT2D eigenvalue weighted by Gasteiger charge is -2.34. The fraction of sp³-hybridized carbons (Fsp3) is 0.917. The second-order valence-electron chi connectivity index (χ2n) is 5.34. The Morgan fingerprint density at radius 3 is 2.62 bits per heavy atom. The van der Waals surface area contributed by atoms with Crippen molar-refractivity contribution >= 4 is 5.91 Å². The van der Waals surface area contributed by atoms with Crippen LogP contribution in [0.1, 0.15) is 34.1 Å². The number of ether oxygens (including phenoxy) is 1. The Kier molecular flexibility index (Phi) is 4.33. The Hall–Kier alpha value is -0.610. The van der Waals surface area contributed by atoms with Crippen molar-refractivity contribution in [2.45, 2.75) is 45.8 Å². The van der Waals surface area contributed by atoms with Crippen LogP contribution in [0.25, 0.3) is 0 Å². The van der Waals surface area contributed by atoms with E-state index in [1.54, 1.807) is 0 Å². The van der Waals surface area contributed by atoms with E-state index in [1.165, 1.54) is 0 Å². The van der Waals surface area contributed by atoms with Gasteiger partial charge in [-0.1, -0.05) is 13.8 Å². The van der Waals surface area contributed by atoms with Gasteiger partial charge in [0, 0.05) is 6.54 Å². The highest BCUT2D eigenvalue weighted by molar-refractivity contribution is 5.79. The third kappa shape index (κ3) is 2.95. The first-order chi connectivity index (χ1) is 7.39. The summed E-state index contributed by atoms with van der Waals surface area (Å²) in [7, 11) is 0. The Labute approximate surface area is 97.9 Å². The lowest BCUT2D eigenvalue weighted by Crippen LogP contribution is -2.56. The number of hydrogen-bond acceptors (Lipinski definition) is 3. The van der Waals surface area contributed by atoms with Crippen LogP contribution in [0.15, 0.2) is 0 Å². The predicted octanol–water partition coefficient (Wildman–Crippen LogP) is 0.901. The predicted molar refractivity (Wildman–Crippen MR) is 64.0 cm³/mol. The first kappa shape index (κ1) is 13.5. The van der Waals surface area contributed by atoms with Gasteiger partial charge in [-0.3, -0.25) is 4.79 Å². The molecule has 94 valence electrons. The Balaban J connectivity index is 2.56. The molecule has 3 atom stereocenters. The van der Waals surface area contributed by atoms with Crippen molar-refractivity contribution in [1.29, 1.82) is 0 Å². The SMILES string of the molecule is CC1CC(C(=O)NC(C)(CN)C(C)C)CO1. The monoisotopic (exact) mass is 228 g/mol. The molecule has 1 fully saturated rings. The van der Waals surface area contributed by atoms with E-state index in [4.69, 9.17) is 10.5 Å². The average Bonchev–Trinajstić information content (AvgIpc) is 2.64. The second kappa shape index (κ2) is 5.15. The van der Waals surface area contributed by atoms with Crippen LogP contribution in [0.3, 0.4) is 0 Å². The molecule has 0 spiro atoms. The van der Waals surface area contributed by atoms with Crippen molar-refractivity contribution in [1.82, 2.24) is 5.32 Å². The molecule has 0 bridgehead atoms. The van der Waals surface area contributed by atoms with Crippen molar-refractivity contribution in [2.24, 2.45) is 17.6 Å². The van der Waals surface area contributed by atoms with Gasteiger partial charge in [0.05, 0.1) is 24.2 Å². The molecule has 0 aromatic carbocycles. The molecule has 0 aromatic rings. The molecule has 1 amide bonds. The summed E-state index contributed by atoms with van der Waals surface area (Å²) in [6.07, 6.45) is 1.00. The largest absolute Gasteiger partial charge is 0.378 e. The maximum Gasteiger partial charge on any atom is 0.226 e. The maximum absolute atomic E-state index is 12.0. The van der Waals surface area contributed by atoms with Crippen molar-refractivity contribution in [3.8, 4) is 0 Å². The van der Waals surface area contributed by atoms with Crippen LogP contribution in [0, 0.1) is 11.8 Å². The van der Waals surface area contributed by atoms with E-state index >= 15 is 0 Å². The quantitative estimate of drug-likeness (QED) is 0.751. The Morgan fingerprint density at radius 1 is 1.62 bits per heavy atom. The molecule has 4 heteroatoms. The summed E-state index contributed by atoms with van der Waals surface area (Å²) < 4.78 is 5.40. The zero-order chi connectivity index (χ0) is 12.3. The zero-order valence-electron chi connectivity index (χ0n) is 10.7. The third-order valence-electron chi connectivity index (χ3n) is 3.68. The first-order valence-electron chi connectivity index (χ1n) is 6.02. The van der Waals surface area contributed by atoms with Crippen LogP contribution in [0.2, 0.25) is 0 Å². The second-order valence-corrected chi connectivity index (χ2v) is 5.34. The van der Waals surface area contributed by atoms with Gasteiger partial charge in [-0.25, -0.2) is 0 Å². The van der Waals surface area contributed by atoms with Crippen LogP contribution >= 0.6 is 0 Å². The van der Waals surface area contributed by atoms with Gasteiger partial charge in [0.2, 0.25) is 5.91 Å². The standard InChI is InChI=1S/C12H24N2O2/c1-8(2)12(4,7-13)14-11(15)10-5-9(3)16-6-10/h8-10H,5-7,13H2,1-4H3,(H,14,15). The van der Waals surface area contributed by atoms with Crippen LogP contribution in [0.4, 0.5) is 0 Å². The minimum Gasteiger partial charge on any atom is -0.378 e. The van der Waals surface area contributed by atoms with Crippen molar-refractivity contribution in [3.05, 3.63) is 0 Å². The van der Waals surface area contributed by atoms with E-state index < -0.39 is 0 Å². The fourth-order valence-corrected chi connectivity index (χ4v) is 1.81. The van der Waals surface area contributed by atoms with Crippen LogP contribution in [0.5, 0.6) is 0 Å². The minimum atomic E-state index is -0.317. The van der Waals surface area contributed by atoms with Gasteiger partial charge in [0.1, 0.15) is 0 Å². The molecule has 3 N–H and O–H groups in total. The molecular formula is C12H24N2O2. The van der Waals surface area contributed by atoms with Gasteiger partial charge in [-0.05, 0) is 26.2 Å². The van der Waals surface area contributed by atoms with Crippen molar-refractivity contribution < 1.29 is 9.53 Å². The molecule has 1 saturated heterocycles. The van der Waals surface area contributed by atoms with E-state index in [0.29, 0.717) is 19.1 Å². The summed E-state index contributed by atoms with van der Waals surface area (Å²) in [5.41, 5.74) is 5.42. The number of rotatable bonds is 4. The first-order valence-corrected chi connectivity index (χ1v) is 6.02. The Bertz CT molecular complexity index is 255. The number of amides is 1. The van der Waals surface area contributed by atoms with Gasteiger partial charge >= 0.3 is 0 Å². The molecule has 4 nitrogen and oxygen atoms in total. The van der Waals surface area contributed by atoms with Gasteiger partial charge in [0.25, 0.3) is 0 Å². The van der Waals surface area contributed by atoms with Gasteiger partial charge in [0.15, 0.2) is 0 Å². The lowest BCUT2D eigenvalue weighted by molar-refractivity contribution is -0.127. The van der Waals surface area contributed by atoms with Gasteiger partial charge in [-0.2, -0.15) is 0 Å². The Morgan fingerprint density at radius 2 is 2.25 bits per heavy atom. The number of carbonyl (C=O) groups is 1. The molecule has 0 radical (unpaired) electrons. The molecule has 16 heavy (non-hydrogen) atoms. The third-order valence-corrected chi connectivity index (χ3v) is 3.68. The molecule has 1 rings (SSSR count). The average molecular weight is 228 g/mol. The van der Waals surface area contributed by atoms with Crippen molar-refractivity contribution in [2.75, 3.05) is 13.2 Å². The fourth-order valence-electron chi connectivity index (χ4n) is 1.81. The zero-order valence-corrected chi connectivity index (χ0v) is 10.7. The van der Waals surface area contributed by atoms with Gasteiger partial charge in [-0.15, -0.1) is 0 Å². The van der Waals surface area contributed by atoms with Crippen LogP contribution in [-0.2, 0) is 9.53 Å². The molecule has 1 aliphatic heterocycles. The van der Waals surface area contributed by atoms with Crippen LogP contribution < -0.4 is 11.1 Å². The summed E-state index contributed by atoms with van der Waals surface area (Å²) in [5, 5.41) is 3.06. The van der Waals surface area contributed by atoms with Gasteiger partial charge < -0.3 is 15.8 Å². The number of hydrogen-bond donors (Lipinski definition) is 2. The molecule has 3 unspecified atom stereocenters. The highest BCUT2D eigenvalue weighted by Crippen LogP contribution is 2.21. The molecule has 1 heterocycles. The normalized spacial score (nSPS) is 29.1. The molecular weight excluding hydrogens is 204 g/mol. The summed E-state index contributed by atoms with van der Waals surface area (Å²) in [5.74, 6) is 0.381. The minimum absolute atomic E-state index is 0.0142. The van der Waals surface area contributed by atoms with E-state index in [1.807, 2.05) is 13.8 Å². The van der Waals surface area contributed by atoms with Crippen molar-refractivity contribution in [3.63, 3.8) is 0 Å². The van der Waals surface area contributed by atoms with E-state index in [-0.39, 0.29) is 23.5 Å². The highest BCUT2D eigenvalue weighted by Gasteiger charge is 2.34. The van der Waals surface area contributed by atoms with Crippen LogP contribution in [-0.4, -0.2) is 30.7 Å². The summed E-state index contributed by atoms with van der Waals surface area (Å²) in [4.78, 5) is 12.0. The van der Waals surface area contributed by atoms with E-state index in [2.05, 4.69) is 19.2 Å². The molecule has 0 aliphatic carbocycles. The topological polar surface area (TPSA) is 64.4 Å². The summed E-state index contributed by atoms with van der Waals surface area (Å²) >= 11 is 0. The number of nitrogens with one attached hydrogen (secondary N) is 1. The van der Waals surface area contributed by atoms with E-state index in [9.17, 15) is 4.79 Å².